The summed E-state index contributed by atoms with van der Waals surface area (Å²) in [4.78, 5) is 15.0. The van der Waals surface area contributed by atoms with Crippen LogP contribution in [0.5, 0.6) is 0 Å². The van der Waals surface area contributed by atoms with E-state index in [1.165, 1.54) is 15.0 Å². The van der Waals surface area contributed by atoms with Crippen LogP contribution in [0.25, 0.3) is 32.0 Å². The third kappa shape index (κ3) is 2.03. The van der Waals surface area contributed by atoms with Gasteiger partial charge in [0.25, 0.3) is 0 Å². The number of rotatable bonds is 2. The molecule has 4 aromatic heterocycles. The molecule has 0 aliphatic carbocycles. The fraction of sp³-hybridized carbons (Fsp3) is 0.167. The topological polar surface area (TPSA) is 55.6 Å². The van der Waals surface area contributed by atoms with Crippen molar-refractivity contribution in [2.24, 2.45) is 0 Å². The van der Waals surface area contributed by atoms with Crippen LogP contribution in [0.15, 0.2) is 42.7 Å². The average Bonchev–Trinajstić information content (AvgIpc) is 3.27. The summed E-state index contributed by atoms with van der Waals surface area (Å²) in [5.41, 5.74) is 4.01. The van der Waals surface area contributed by atoms with E-state index in [1.807, 2.05) is 37.5 Å². The van der Waals surface area contributed by atoms with Crippen LogP contribution in [-0.2, 0) is 6.54 Å². The van der Waals surface area contributed by atoms with Crippen LogP contribution in [-0.4, -0.2) is 26.1 Å². The largest absolute Gasteiger partial charge is 0.354 e. The van der Waals surface area contributed by atoms with E-state index in [-0.39, 0.29) is 0 Å². The minimum absolute atomic E-state index is 0.920. The molecule has 0 saturated carbocycles. The van der Waals surface area contributed by atoms with Crippen molar-refractivity contribution in [1.29, 1.82) is 0 Å². The zero-order valence-corrected chi connectivity index (χ0v) is 14.0. The van der Waals surface area contributed by atoms with Crippen LogP contribution >= 0.6 is 11.3 Å². The highest BCUT2D eigenvalue weighted by Crippen LogP contribution is 2.40. The molecule has 1 N–H and O–H groups in total. The summed E-state index contributed by atoms with van der Waals surface area (Å²) < 4.78 is 3.50. The second-order valence-corrected chi connectivity index (χ2v) is 6.98. The van der Waals surface area contributed by atoms with Crippen molar-refractivity contribution < 1.29 is 0 Å². The molecule has 4 aromatic rings. The number of aryl methyl sites for hydroxylation is 1. The average molecular weight is 333 g/mol. The van der Waals surface area contributed by atoms with Crippen LogP contribution in [0.4, 0.5) is 5.95 Å². The lowest BCUT2D eigenvalue weighted by Gasteiger charge is -2.05. The number of pyridine rings is 2. The predicted octanol–water partition coefficient (Wildman–Crippen LogP) is 3.96. The number of imidazole rings is 1. The molecular formula is C18H15N5S. The molecule has 0 radical (unpaired) electrons. The maximum absolute atomic E-state index is 4.83. The van der Waals surface area contributed by atoms with Crippen molar-refractivity contribution in [3.63, 3.8) is 0 Å². The van der Waals surface area contributed by atoms with Gasteiger partial charge < -0.3 is 9.88 Å². The van der Waals surface area contributed by atoms with E-state index in [1.54, 1.807) is 11.3 Å². The molecule has 24 heavy (non-hydrogen) atoms. The van der Waals surface area contributed by atoms with Crippen LogP contribution < -0.4 is 5.32 Å². The van der Waals surface area contributed by atoms with Crippen LogP contribution in [0.1, 0.15) is 5.69 Å². The fourth-order valence-electron chi connectivity index (χ4n) is 3.19. The first kappa shape index (κ1) is 13.7. The van der Waals surface area contributed by atoms with Gasteiger partial charge in [-0.05, 0) is 31.2 Å². The predicted molar refractivity (Wildman–Crippen MR) is 97.3 cm³/mol. The quantitative estimate of drug-likeness (QED) is 0.603. The Hall–Kier alpha value is -2.73. The maximum Gasteiger partial charge on any atom is 0.204 e. The summed E-state index contributed by atoms with van der Waals surface area (Å²) in [6, 6.07) is 10.3. The maximum atomic E-state index is 4.83. The molecule has 0 amide bonds. The van der Waals surface area contributed by atoms with E-state index in [9.17, 15) is 0 Å². The molecule has 118 valence electrons. The molecule has 0 aromatic carbocycles. The van der Waals surface area contributed by atoms with E-state index >= 15 is 0 Å². The Morgan fingerprint density at radius 1 is 1.21 bits per heavy atom. The lowest BCUT2D eigenvalue weighted by molar-refractivity contribution is 0.818. The van der Waals surface area contributed by atoms with E-state index in [0.717, 1.165) is 41.8 Å². The summed E-state index contributed by atoms with van der Waals surface area (Å²) >= 11 is 1.78. The minimum atomic E-state index is 0.920. The van der Waals surface area contributed by atoms with Crippen molar-refractivity contribution in [2.75, 3.05) is 11.9 Å². The monoisotopic (exact) mass is 333 g/mol. The normalized spacial score (nSPS) is 13.2. The van der Waals surface area contributed by atoms with Gasteiger partial charge in [-0.25, -0.2) is 4.98 Å². The van der Waals surface area contributed by atoms with Crippen LogP contribution in [0.2, 0.25) is 0 Å². The van der Waals surface area contributed by atoms with Crippen molar-refractivity contribution in [2.45, 2.75) is 13.5 Å². The Morgan fingerprint density at radius 2 is 2.17 bits per heavy atom. The summed E-state index contributed by atoms with van der Waals surface area (Å²) in [6.07, 6.45) is 3.76. The van der Waals surface area contributed by atoms with Crippen molar-refractivity contribution in [3.05, 3.63) is 48.4 Å². The Bertz CT molecular complexity index is 1030. The van der Waals surface area contributed by atoms with Crippen LogP contribution in [0, 0.1) is 6.92 Å². The first-order valence-corrected chi connectivity index (χ1v) is 8.73. The van der Waals surface area contributed by atoms with Gasteiger partial charge in [-0.2, -0.15) is 0 Å². The molecule has 1 aliphatic heterocycles. The van der Waals surface area contributed by atoms with Gasteiger partial charge >= 0.3 is 0 Å². The third-order valence-electron chi connectivity index (χ3n) is 4.27. The standard InChI is InChI=1S/C18H15N5S/c1-11-3-2-4-13(21-11)16-17(23-8-7-20-18(23)22-16)15-9-12-10-19-6-5-14(12)24-15/h2-6,9-10H,7-8H2,1H3,(H,20,22). The zero-order valence-electron chi connectivity index (χ0n) is 13.2. The molecule has 6 heteroatoms. The fourth-order valence-corrected chi connectivity index (χ4v) is 4.27. The first-order valence-electron chi connectivity index (χ1n) is 7.92. The van der Waals surface area contributed by atoms with E-state index < -0.39 is 0 Å². The minimum Gasteiger partial charge on any atom is -0.354 e. The molecule has 5 nitrogen and oxygen atoms in total. The number of aromatic nitrogens is 4. The van der Waals surface area contributed by atoms with Gasteiger partial charge in [-0.1, -0.05) is 6.07 Å². The number of thiophene rings is 1. The second kappa shape index (κ2) is 5.14. The summed E-state index contributed by atoms with van der Waals surface area (Å²) in [5, 5.41) is 4.53. The van der Waals surface area contributed by atoms with Gasteiger partial charge in [0.15, 0.2) is 0 Å². The number of hydrogen-bond donors (Lipinski definition) is 1. The lowest BCUT2D eigenvalue weighted by atomic mass is 10.2. The molecule has 0 atom stereocenters. The van der Waals surface area contributed by atoms with Gasteiger partial charge in [0.05, 0.1) is 16.3 Å². The number of fused-ring (bicyclic) bond motifs is 2. The SMILES string of the molecule is Cc1cccc(-c2nc3n(c2-c2cc4cnccc4s2)CCN3)n1. The van der Waals surface area contributed by atoms with Crippen molar-refractivity contribution in [3.8, 4) is 22.0 Å². The summed E-state index contributed by atoms with van der Waals surface area (Å²) in [7, 11) is 0. The van der Waals surface area contributed by atoms with Gasteiger partial charge in [0, 0.05) is 41.3 Å². The molecule has 0 unspecified atom stereocenters. The Balaban J connectivity index is 1.77. The second-order valence-electron chi connectivity index (χ2n) is 5.90. The molecule has 5 rings (SSSR count). The highest BCUT2D eigenvalue weighted by molar-refractivity contribution is 7.22. The van der Waals surface area contributed by atoms with Gasteiger partial charge in [-0.15, -0.1) is 11.3 Å². The first-order chi connectivity index (χ1) is 11.8. The Kier molecular flexibility index (Phi) is 2.93. The van der Waals surface area contributed by atoms with E-state index in [4.69, 9.17) is 4.98 Å². The zero-order chi connectivity index (χ0) is 16.1. The lowest BCUT2D eigenvalue weighted by Crippen LogP contribution is -1.98. The molecule has 0 spiro atoms. The Morgan fingerprint density at radius 3 is 3.04 bits per heavy atom. The van der Waals surface area contributed by atoms with Gasteiger partial charge in [0.1, 0.15) is 5.69 Å². The molecule has 5 heterocycles. The molecular weight excluding hydrogens is 318 g/mol. The molecule has 0 saturated heterocycles. The van der Waals surface area contributed by atoms with Gasteiger partial charge in [0.2, 0.25) is 5.95 Å². The smallest absolute Gasteiger partial charge is 0.204 e. The number of nitrogens with one attached hydrogen (secondary N) is 1. The van der Waals surface area contributed by atoms with Crippen molar-refractivity contribution >= 4 is 27.4 Å². The number of anilines is 1. The number of nitrogens with zero attached hydrogens (tertiary/aromatic N) is 4. The van der Waals surface area contributed by atoms with Gasteiger partial charge in [-0.3, -0.25) is 9.97 Å². The van der Waals surface area contributed by atoms with Crippen molar-refractivity contribution in [1.82, 2.24) is 19.5 Å². The van der Waals surface area contributed by atoms with E-state index in [0.29, 0.717) is 0 Å². The summed E-state index contributed by atoms with van der Waals surface area (Å²) in [6.45, 7) is 3.86. The highest BCUT2D eigenvalue weighted by Gasteiger charge is 2.24. The third-order valence-corrected chi connectivity index (χ3v) is 5.39. The Labute approximate surface area is 143 Å². The molecule has 1 aliphatic rings. The highest BCUT2D eigenvalue weighted by atomic mass is 32.1. The van der Waals surface area contributed by atoms with E-state index in [2.05, 4.69) is 32.0 Å². The molecule has 0 bridgehead atoms. The van der Waals surface area contributed by atoms with Crippen LogP contribution in [0.3, 0.4) is 0 Å². The summed E-state index contributed by atoms with van der Waals surface area (Å²) in [5.74, 6) is 0.930. The number of hydrogen-bond acceptors (Lipinski definition) is 5. The molecule has 0 fully saturated rings.